The van der Waals surface area contributed by atoms with Crippen LogP contribution in [-0.2, 0) is 6.18 Å². The third-order valence-corrected chi connectivity index (χ3v) is 4.25. The number of halogens is 3. The van der Waals surface area contributed by atoms with Crippen molar-refractivity contribution in [2.24, 2.45) is 5.92 Å². The van der Waals surface area contributed by atoms with Crippen LogP contribution in [0.3, 0.4) is 0 Å². The molecule has 2 rings (SSSR count). The molecule has 0 amide bonds. The third-order valence-electron chi connectivity index (χ3n) is 4.25. The van der Waals surface area contributed by atoms with Gasteiger partial charge in [0.2, 0.25) is 0 Å². The van der Waals surface area contributed by atoms with Crippen LogP contribution in [0.1, 0.15) is 44.6 Å². The van der Waals surface area contributed by atoms with Crippen molar-refractivity contribution >= 4 is 11.4 Å². The van der Waals surface area contributed by atoms with Crippen molar-refractivity contribution in [3.8, 4) is 0 Å². The van der Waals surface area contributed by atoms with Crippen LogP contribution in [0.15, 0.2) is 18.2 Å². The van der Waals surface area contributed by atoms with Crippen LogP contribution in [0.2, 0.25) is 0 Å². The van der Waals surface area contributed by atoms with Gasteiger partial charge in [-0.25, -0.2) is 0 Å². The zero-order valence-electron chi connectivity index (χ0n) is 12.4. The fourth-order valence-corrected chi connectivity index (χ4v) is 3.11. The lowest BCUT2D eigenvalue weighted by atomic mass is 9.96. The van der Waals surface area contributed by atoms with Gasteiger partial charge in [0.25, 0.3) is 0 Å². The number of anilines is 2. The zero-order chi connectivity index (χ0) is 15.5. The summed E-state index contributed by atoms with van der Waals surface area (Å²) >= 11 is 0. The standard InChI is InChI=1S/C16H23F3N2/c1-2-4-12-5-3-9-21(10-8-12)13-6-7-15(20)14(11-13)16(17,18)19/h6-7,11-12H,2-5,8-10,20H2,1H3. The molecule has 118 valence electrons. The van der Waals surface area contributed by atoms with Crippen LogP contribution >= 0.6 is 0 Å². The smallest absolute Gasteiger partial charge is 0.398 e. The molecule has 1 saturated heterocycles. The lowest BCUT2D eigenvalue weighted by Gasteiger charge is -2.24. The fourth-order valence-electron chi connectivity index (χ4n) is 3.11. The molecule has 0 aliphatic carbocycles. The maximum Gasteiger partial charge on any atom is 0.418 e. The average Bonchev–Trinajstić information content (AvgIpc) is 2.64. The molecule has 1 atom stereocenters. The van der Waals surface area contributed by atoms with E-state index in [1.807, 2.05) is 0 Å². The normalized spacial score (nSPS) is 20.4. The summed E-state index contributed by atoms with van der Waals surface area (Å²) in [5.74, 6) is 0.705. The Morgan fingerprint density at radius 2 is 2.00 bits per heavy atom. The van der Waals surface area contributed by atoms with E-state index in [1.54, 1.807) is 6.07 Å². The average molecular weight is 300 g/mol. The van der Waals surface area contributed by atoms with Gasteiger partial charge in [0.15, 0.2) is 0 Å². The van der Waals surface area contributed by atoms with Gasteiger partial charge in [0, 0.05) is 24.5 Å². The summed E-state index contributed by atoms with van der Waals surface area (Å²) in [6.07, 6.45) is 1.26. The number of hydrogen-bond donors (Lipinski definition) is 1. The van der Waals surface area contributed by atoms with Crippen molar-refractivity contribution in [1.29, 1.82) is 0 Å². The summed E-state index contributed by atoms with van der Waals surface area (Å²) in [6.45, 7) is 3.82. The van der Waals surface area contributed by atoms with E-state index in [9.17, 15) is 13.2 Å². The molecule has 0 saturated carbocycles. The van der Waals surface area contributed by atoms with Crippen LogP contribution in [-0.4, -0.2) is 13.1 Å². The maximum atomic E-state index is 12.9. The van der Waals surface area contributed by atoms with Crippen molar-refractivity contribution in [3.05, 3.63) is 23.8 Å². The summed E-state index contributed by atoms with van der Waals surface area (Å²) in [4.78, 5) is 2.06. The quantitative estimate of drug-likeness (QED) is 0.820. The summed E-state index contributed by atoms with van der Waals surface area (Å²) in [5.41, 5.74) is 5.16. The Bertz CT molecular complexity index is 471. The van der Waals surface area contributed by atoms with Gasteiger partial charge in [-0.15, -0.1) is 0 Å². The van der Waals surface area contributed by atoms with Crippen LogP contribution in [0.4, 0.5) is 24.5 Å². The predicted octanol–water partition coefficient (Wildman–Crippen LogP) is 4.69. The molecule has 2 N–H and O–H groups in total. The second-order valence-electron chi connectivity index (χ2n) is 5.84. The van der Waals surface area contributed by atoms with Crippen molar-refractivity contribution in [1.82, 2.24) is 0 Å². The number of nitrogens with zero attached hydrogens (tertiary/aromatic N) is 1. The maximum absolute atomic E-state index is 12.9. The summed E-state index contributed by atoms with van der Waals surface area (Å²) < 4.78 is 38.8. The van der Waals surface area contributed by atoms with Crippen molar-refractivity contribution in [2.75, 3.05) is 23.7 Å². The highest BCUT2D eigenvalue weighted by Gasteiger charge is 2.33. The van der Waals surface area contributed by atoms with E-state index in [0.717, 1.165) is 25.9 Å². The lowest BCUT2D eigenvalue weighted by molar-refractivity contribution is -0.136. The second-order valence-corrected chi connectivity index (χ2v) is 5.84. The molecule has 1 heterocycles. The molecule has 2 nitrogen and oxygen atoms in total. The summed E-state index contributed by atoms with van der Waals surface area (Å²) in [5, 5.41) is 0. The Labute approximate surface area is 124 Å². The number of nitrogen functional groups attached to an aromatic ring is 1. The highest BCUT2D eigenvalue weighted by atomic mass is 19.4. The second kappa shape index (κ2) is 6.58. The van der Waals surface area contributed by atoms with Crippen molar-refractivity contribution in [2.45, 2.75) is 45.2 Å². The van der Waals surface area contributed by atoms with E-state index in [0.29, 0.717) is 11.6 Å². The summed E-state index contributed by atoms with van der Waals surface area (Å²) in [7, 11) is 0. The Hall–Kier alpha value is -1.39. The van der Waals surface area contributed by atoms with Gasteiger partial charge in [-0.3, -0.25) is 0 Å². The molecule has 0 aromatic heterocycles. The first-order valence-corrected chi connectivity index (χ1v) is 7.63. The lowest BCUT2D eigenvalue weighted by Crippen LogP contribution is -2.25. The first-order chi connectivity index (χ1) is 9.91. The molecule has 1 unspecified atom stereocenters. The van der Waals surface area contributed by atoms with Crippen LogP contribution in [0, 0.1) is 5.92 Å². The molecular formula is C16H23F3N2. The largest absolute Gasteiger partial charge is 0.418 e. The monoisotopic (exact) mass is 300 g/mol. The first-order valence-electron chi connectivity index (χ1n) is 7.63. The van der Waals surface area contributed by atoms with Gasteiger partial charge in [-0.1, -0.05) is 19.8 Å². The minimum Gasteiger partial charge on any atom is -0.398 e. The Morgan fingerprint density at radius 3 is 2.67 bits per heavy atom. The van der Waals surface area contributed by atoms with Crippen molar-refractivity contribution < 1.29 is 13.2 Å². The van der Waals surface area contributed by atoms with Gasteiger partial charge in [-0.2, -0.15) is 13.2 Å². The molecule has 1 aliphatic rings. The fraction of sp³-hybridized carbons (Fsp3) is 0.625. The third kappa shape index (κ3) is 4.05. The molecule has 0 bridgehead atoms. The predicted molar refractivity (Wildman–Crippen MR) is 80.3 cm³/mol. The van der Waals surface area contributed by atoms with Crippen LogP contribution in [0.25, 0.3) is 0 Å². The van der Waals surface area contributed by atoms with Gasteiger partial charge in [0.05, 0.1) is 5.56 Å². The SMILES string of the molecule is CCCC1CCCN(c2ccc(N)c(C(F)(F)F)c2)CC1. The van der Waals surface area contributed by atoms with Gasteiger partial charge in [0.1, 0.15) is 0 Å². The highest BCUT2D eigenvalue weighted by Crippen LogP contribution is 2.36. The number of nitrogens with two attached hydrogens (primary N) is 1. The minimum absolute atomic E-state index is 0.204. The Balaban J connectivity index is 2.15. The zero-order valence-corrected chi connectivity index (χ0v) is 12.4. The molecule has 1 aromatic carbocycles. The highest BCUT2D eigenvalue weighted by molar-refractivity contribution is 5.59. The number of benzene rings is 1. The van der Waals surface area contributed by atoms with Gasteiger partial charge >= 0.3 is 6.18 Å². The Kier molecular flexibility index (Phi) is 5.01. The molecular weight excluding hydrogens is 277 g/mol. The van der Waals surface area contributed by atoms with E-state index in [2.05, 4.69) is 11.8 Å². The van der Waals surface area contributed by atoms with E-state index >= 15 is 0 Å². The van der Waals surface area contributed by atoms with Crippen LogP contribution in [0.5, 0.6) is 0 Å². The van der Waals surface area contributed by atoms with E-state index in [4.69, 9.17) is 5.73 Å². The van der Waals surface area contributed by atoms with Gasteiger partial charge < -0.3 is 10.6 Å². The molecule has 0 spiro atoms. The molecule has 1 aliphatic heterocycles. The topological polar surface area (TPSA) is 29.3 Å². The molecule has 5 heteroatoms. The first kappa shape index (κ1) is 16.0. The van der Waals surface area contributed by atoms with Gasteiger partial charge in [-0.05, 0) is 43.4 Å². The summed E-state index contributed by atoms with van der Waals surface area (Å²) in [6, 6.07) is 4.26. The number of rotatable bonds is 3. The Morgan fingerprint density at radius 1 is 1.24 bits per heavy atom. The molecule has 1 aromatic rings. The molecule has 0 radical (unpaired) electrons. The molecule has 1 fully saturated rings. The van der Waals surface area contributed by atoms with E-state index in [-0.39, 0.29) is 5.69 Å². The number of alkyl halides is 3. The van der Waals surface area contributed by atoms with E-state index in [1.165, 1.54) is 31.4 Å². The molecule has 21 heavy (non-hydrogen) atoms. The van der Waals surface area contributed by atoms with E-state index < -0.39 is 11.7 Å². The minimum atomic E-state index is -4.39. The number of hydrogen-bond acceptors (Lipinski definition) is 2. The van der Waals surface area contributed by atoms with Crippen LogP contribution < -0.4 is 10.6 Å². The van der Waals surface area contributed by atoms with Crippen molar-refractivity contribution in [3.63, 3.8) is 0 Å².